The lowest BCUT2D eigenvalue weighted by molar-refractivity contribution is -0.119. The van der Waals surface area contributed by atoms with Gasteiger partial charge in [-0.1, -0.05) is 6.07 Å². The molecule has 0 bridgehead atoms. The smallest absolute Gasteiger partial charge is 0.414 e. The monoisotopic (exact) mass is 303 g/mol. The maximum Gasteiger partial charge on any atom is 0.414 e. The van der Waals surface area contributed by atoms with Crippen LogP contribution in [0.3, 0.4) is 0 Å². The number of nitrogens with zero attached hydrogens (tertiary/aromatic N) is 1. The minimum absolute atomic E-state index is 0.122. The lowest BCUT2D eigenvalue weighted by Gasteiger charge is -2.16. The zero-order valence-electron chi connectivity index (χ0n) is 12.7. The topological polar surface area (TPSA) is 70.7 Å². The molecule has 0 aromatic heterocycles. The Labute approximate surface area is 129 Å². The lowest BCUT2D eigenvalue weighted by Crippen LogP contribution is -2.33. The fraction of sp³-hybridized carbons (Fsp3) is 0.500. The molecule has 6 heteroatoms. The lowest BCUT2D eigenvalue weighted by atomic mass is 10.1. The Morgan fingerprint density at radius 1 is 1.45 bits per heavy atom. The third-order valence-corrected chi connectivity index (χ3v) is 4.05. The molecule has 2 amide bonds. The van der Waals surface area contributed by atoms with Crippen molar-refractivity contribution >= 4 is 23.4 Å². The third-order valence-electron chi connectivity index (χ3n) is 4.05. The molecule has 1 fully saturated rings. The predicted octanol–water partition coefficient (Wildman–Crippen LogP) is 1.90. The first-order chi connectivity index (χ1) is 10.6. The van der Waals surface area contributed by atoms with E-state index in [1.165, 1.54) is 18.9 Å². The zero-order valence-corrected chi connectivity index (χ0v) is 12.7. The Hall–Kier alpha value is -2.24. The molecule has 2 heterocycles. The van der Waals surface area contributed by atoms with E-state index in [0.717, 1.165) is 30.8 Å². The minimum Gasteiger partial charge on any atom is -0.442 e. The number of fused-ring (bicyclic) bond motifs is 1. The van der Waals surface area contributed by atoms with Crippen molar-refractivity contribution in [2.24, 2.45) is 0 Å². The first-order valence-electron chi connectivity index (χ1n) is 7.73. The number of benzene rings is 1. The number of carbonyl (C=O) groups is 2. The number of nitrogens with one attached hydrogen (secondary N) is 2. The van der Waals surface area contributed by atoms with Crippen molar-refractivity contribution in [1.82, 2.24) is 5.32 Å². The van der Waals surface area contributed by atoms with Crippen molar-refractivity contribution in [1.29, 1.82) is 0 Å². The van der Waals surface area contributed by atoms with Gasteiger partial charge in [0.25, 0.3) is 0 Å². The number of cyclic esters (lactones) is 1. The van der Waals surface area contributed by atoms with E-state index in [2.05, 4.69) is 16.7 Å². The quantitative estimate of drug-likeness (QED) is 0.894. The van der Waals surface area contributed by atoms with E-state index >= 15 is 0 Å². The van der Waals surface area contributed by atoms with Gasteiger partial charge in [-0.2, -0.15) is 0 Å². The normalized spacial score (nSPS) is 20.7. The first kappa shape index (κ1) is 14.7. The Kier molecular flexibility index (Phi) is 4.18. The third kappa shape index (κ3) is 3.16. The van der Waals surface area contributed by atoms with Crippen molar-refractivity contribution in [2.75, 3.05) is 29.9 Å². The molecule has 1 saturated heterocycles. The second-order valence-corrected chi connectivity index (χ2v) is 5.78. The fourth-order valence-corrected chi connectivity index (χ4v) is 2.87. The van der Waals surface area contributed by atoms with Crippen LogP contribution in [-0.2, 0) is 16.0 Å². The van der Waals surface area contributed by atoms with Gasteiger partial charge in [0.05, 0.1) is 13.1 Å². The molecule has 1 unspecified atom stereocenters. The number of ether oxygens (including phenoxy) is 1. The number of aryl methyl sites for hydroxylation is 1. The average molecular weight is 303 g/mol. The maximum atomic E-state index is 12.0. The van der Waals surface area contributed by atoms with Crippen LogP contribution in [0.5, 0.6) is 0 Å². The van der Waals surface area contributed by atoms with E-state index in [9.17, 15) is 9.59 Å². The highest BCUT2D eigenvalue weighted by molar-refractivity contribution is 5.90. The van der Waals surface area contributed by atoms with Gasteiger partial charge in [-0.25, -0.2) is 4.79 Å². The highest BCUT2D eigenvalue weighted by Gasteiger charge is 2.32. The molecule has 0 aliphatic carbocycles. The van der Waals surface area contributed by atoms with Gasteiger partial charge in [0.15, 0.2) is 0 Å². The molecular weight excluding hydrogens is 282 g/mol. The Morgan fingerprint density at radius 2 is 2.32 bits per heavy atom. The summed E-state index contributed by atoms with van der Waals surface area (Å²) in [6.07, 6.45) is 2.75. The summed E-state index contributed by atoms with van der Waals surface area (Å²) in [7, 11) is 0. The van der Waals surface area contributed by atoms with Gasteiger partial charge in [0.1, 0.15) is 6.10 Å². The summed E-state index contributed by atoms with van der Waals surface area (Å²) in [5.74, 6) is -0.122. The Balaban J connectivity index is 1.72. The van der Waals surface area contributed by atoms with Gasteiger partial charge < -0.3 is 15.4 Å². The van der Waals surface area contributed by atoms with Crippen LogP contribution in [-0.4, -0.2) is 37.7 Å². The number of amides is 2. The van der Waals surface area contributed by atoms with Crippen LogP contribution in [0.2, 0.25) is 0 Å². The predicted molar refractivity (Wildman–Crippen MR) is 84.2 cm³/mol. The van der Waals surface area contributed by atoms with Crippen LogP contribution >= 0.6 is 0 Å². The molecule has 2 N–H and O–H groups in total. The molecule has 3 rings (SSSR count). The van der Waals surface area contributed by atoms with Crippen LogP contribution < -0.4 is 15.5 Å². The standard InChI is InChI=1S/C16H21N3O3/c1-11(20)18-9-14-10-19(16(21)22-14)13-6-5-12-4-2-3-7-17-15(12)8-13/h5-6,8,14,17H,2-4,7,9-10H2,1H3,(H,18,20). The second kappa shape index (κ2) is 6.25. The Bertz CT molecular complexity index is 588. The molecule has 2 aliphatic rings. The molecule has 1 atom stereocenters. The summed E-state index contributed by atoms with van der Waals surface area (Å²) in [5.41, 5.74) is 3.24. The molecule has 118 valence electrons. The SMILES string of the molecule is CC(=O)NCC1CN(c2ccc3c(c2)NCCCC3)C(=O)O1. The fourth-order valence-electron chi connectivity index (χ4n) is 2.87. The molecule has 6 nitrogen and oxygen atoms in total. The number of anilines is 2. The summed E-state index contributed by atoms with van der Waals surface area (Å²) < 4.78 is 5.30. The van der Waals surface area contributed by atoms with Gasteiger partial charge in [-0.3, -0.25) is 9.69 Å². The van der Waals surface area contributed by atoms with Crippen LogP contribution in [0.15, 0.2) is 18.2 Å². The van der Waals surface area contributed by atoms with E-state index in [1.54, 1.807) is 4.90 Å². The number of rotatable bonds is 3. The zero-order chi connectivity index (χ0) is 15.5. The van der Waals surface area contributed by atoms with Crippen molar-refractivity contribution in [3.05, 3.63) is 23.8 Å². The van der Waals surface area contributed by atoms with Crippen LogP contribution in [0.25, 0.3) is 0 Å². The van der Waals surface area contributed by atoms with E-state index < -0.39 is 0 Å². The summed E-state index contributed by atoms with van der Waals surface area (Å²) in [4.78, 5) is 24.6. The van der Waals surface area contributed by atoms with Gasteiger partial charge in [0.2, 0.25) is 5.91 Å². The van der Waals surface area contributed by atoms with Gasteiger partial charge >= 0.3 is 6.09 Å². The summed E-state index contributed by atoms with van der Waals surface area (Å²) in [6.45, 7) is 3.22. The second-order valence-electron chi connectivity index (χ2n) is 5.78. The van der Waals surface area contributed by atoms with Crippen molar-refractivity contribution in [2.45, 2.75) is 32.3 Å². The highest BCUT2D eigenvalue weighted by atomic mass is 16.6. The van der Waals surface area contributed by atoms with Crippen molar-refractivity contribution < 1.29 is 14.3 Å². The van der Waals surface area contributed by atoms with E-state index in [4.69, 9.17) is 4.74 Å². The summed E-state index contributed by atoms with van der Waals surface area (Å²) in [5, 5.41) is 6.10. The summed E-state index contributed by atoms with van der Waals surface area (Å²) >= 11 is 0. The molecular formula is C16H21N3O3. The van der Waals surface area contributed by atoms with E-state index in [-0.39, 0.29) is 18.1 Å². The first-order valence-corrected chi connectivity index (χ1v) is 7.73. The maximum absolute atomic E-state index is 12.0. The molecule has 0 radical (unpaired) electrons. The number of hydrogen-bond acceptors (Lipinski definition) is 4. The number of carbonyl (C=O) groups excluding carboxylic acids is 2. The van der Waals surface area contributed by atoms with Crippen molar-refractivity contribution in [3.8, 4) is 0 Å². The van der Waals surface area contributed by atoms with Gasteiger partial charge in [-0.05, 0) is 37.0 Å². The molecule has 1 aromatic rings. The van der Waals surface area contributed by atoms with E-state index in [1.807, 2.05) is 12.1 Å². The van der Waals surface area contributed by atoms with Crippen molar-refractivity contribution in [3.63, 3.8) is 0 Å². The minimum atomic E-state index is -0.357. The number of hydrogen-bond donors (Lipinski definition) is 2. The molecule has 0 saturated carbocycles. The van der Waals surface area contributed by atoms with Crippen LogP contribution in [0.1, 0.15) is 25.3 Å². The van der Waals surface area contributed by atoms with Gasteiger partial charge in [0, 0.05) is 24.8 Å². The Morgan fingerprint density at radius 3 is 3.14 bits per heavy atom. The molecule has 22 heavy (non-hydrogen) atoms. The molecule has 2 aliphatic heterocycles. The average Bonchev–Trinajstić information content (AvgIpc) is 2.71. The highest BCUT2D eigenvalue weighted by Crippen LogP contribution is 2.29. The van der Waals surface area contributed by atoms with Crippen LogP contribution in [0.4, 0.5) is 16.2 Å². The van der Waals surface area contributed by atoms with Crippen LogP contribution in [0, 0.1) is 0 Å². The molecule has 1 aromatic carbocycles. The van der Waals surface area contributed by atoms with Gasteiger partial charge in [-0.15, -0.1) is 0 Å². The largest absolute Gasteiger partial charge is 0.442 e. The molecule has 0 spiro atoms. The van der Waals surface area contributed by atoms with E-state index in [0.29, 0.717) is 13.1 Å². The summed E-state index contributed by atoms with van der Waals surface area (Å²) in [6, 6.07) is 6.06.